The summed E-state index contributed by atoms with van der Waals surface area (Å²) >= 11 is 0. The summed E-state index contributed by atoms with van der Waals surface area (Å²) in [6, 6.07) is -0.784. The number of carbonyl (C=O) groups excluding carboxylic acids is 1. The highest BCUT2D eigenvalue weighted by Crippen LogP contribution is 2.14. The van der Waals surface area contributed by atoms with Gasteiger partial charge in [0, 0.05) is 6.42 Å². The van der Waals surface area contributed by atoms with Gasteiger partial charge < -0.3 is 10.4 Å². The summed E-state index contributed by atoms with van der Waals surface area (Å²) in [5, 5.41) is 11.5. The van der Waals surface area contributed by atoms with Crippen molar-refractivity contribution in [3.8, 4) is 0 Å². The lowest BCUT2D eigenvalue weighted by atomic mass is 9.95. The first-order valence-electron chi connectivity index (χ1n) is 6.26. The second-order valence-electron chi connectivity index (χ2n) is 5.57. The number of nitrogens with one attached hydrogen (secondary N) is 1. The van der Waals surface area contributed by atoms with Crippen molar-refractivity contribution < 1.29 is 14.7 Å². The monoisotopic (exact) mass is 243 g/mol. The Morgan fingerprint density at radius 1 is 1.12 bits per heavy atom. The number of hydrogen-bond acceptors (Lipinski definition) is 2. The van der Waals surface area contributed by atoms with Crippen LogP contribution >= 0.6 is 0 Å². The lowest BCUT2D eigenvalue weighted by Gasteiger charge is -2.19. The normalized spacial score (nSPS) is 14.8. The van der Waals surface area contributed by atoms with Gasteiger partial charge in [0.15, 0.2) is 0 Å². The molecule has 2 N–H and O–H groups in total. The van der Waals surface area contributed by atoms with Crippen molar-refractivity contribution in [3.05, 3.63) is 0 Å². The zero-order valence-corrected chi connectivity index (χ0v) is 11.5. The molecule has 100 valence electrons. The maximum atomic E-state index is 11.7. The Labute approximate surface area is 104 Å². The third kappa shape index (κ3) is 6.97. The Kier molecular flexibility index (Phi) is 6.85. The van der Waals surface area contributed by atoms with Crippen LogP contribution in [0, 0.1) is 17.8 Å². The Hall–Kier alpha value is -1.06. The van der Waals surface area contributed by atoms with E-state index < -0.39 is 12.0 Å². The highest BCUT2D eigenvalue weighted by molar-refractivity contribution is 5.83. The molecule has 0 aromatic heterocycles. The predicted octanol–water partition coefficient (Wildman–Crippen LogP) is 2.28. The third-order valence-electron chi connectivity index (χ3n) is 2.66. The summed E-state index contributed by atoms with van der Waals surface area (Å²) in [6.07, 6.45) is 1.38. The summed E-state index contributed by atoms with van der Waals surface area (Å²) < 4.78 is 0. The molecule has 0 saturated carbocycles. The molecule has 0 aromatic rings. The fourth-order valence-electron chi connectivity index (χ4n) is 1.95. The lowest BCUT2D eigenvalue weighted by Crippen LogP contribution is -2.44. The largest absolute Gasteiger partial charge is 0.480 e. The van der Waals surface area contributed by atoms with E-state index in [1.807, 2.05) is 6.92 Å². The zero-order valence-electron chi connectivity index (χ0n) is 11.5. The molecule has 4 nitrogen and oxygen atoms in total. The van der Waals surface area contributed by atoms with Crippen molar-refractivity contribution in [2.75, 3.05) is 0 Å². The molecule has 0 aliphatic heterocycles. The molecule has 0 aliphatic carbocycles. The minimum absolute atomic E-state index is 0.100. The average molecular weight is 243 g/mol. The van der Waals surface area contributed by atoms with Gasteiger partial charge in [0.1, 0.15) is 6.04 Å². The Balaban J connectivity index is 4.19. The first-order chi connectivity index (χ1) is 7.73. The van der Waals surface area contributed by atoms with Gasteiger partial charge in [-0.25, -0.2) is 4.79 Å². The first kappa shape index (κ1) is 15.9. The van der Waals surface area contributed by atoms with Gasteiger partial charge in [-0.1, -0.05) is 34.6 Å². The molecule has 0 aliphatic rings. The molecule has 17 heavy (non-hydrogen) atoms. The summed E-state index contributed by atoms with van der Waals surface area (Å²) in [7, 11) is 0. The van der Waals surface area contributed by atoms with Gasteiger partial charge >= 0.3 is 5.97 Å². The minimum atomic E-state index is -0.968. The molecular formula is C13H25NO3. The second kappa shape index (κ2) is 7.30. The van der Waals surface area contributed by atoms with Crippen molar-refractivity contribution in [3.63, 3.8) is 0 Å². The van der Waals surface area contributed by atoms with Crippen molar-refractivity contribution in [2.45, 2.75) is 53.5 Å². The minimum Gasteiger partial charge on any atom is -0.480 e. The highest BCUT2D eigenvalue weighted by Gasteiger charge is 2.23. The van der Waals surface area contributed by atoms with Gasteiger partial charge in [0.2, 0.25) is 5.91 Å². The Morgan fingerprint density at radius 2 is 1.65 bits per heavy atom. The summed E-state index contributed by atoms with van der Waals surface area (Å²) in [5.41, 5.74) is 0. The van der Waals surface area contributed by atoms with Crippen LogP contribution < -0.4 is 5.32 Å². The second-order valence-corrected chi connectivity index (χ2v) is 5.57. The highest BCUT2D eigenvalue weighted by atomic mass is 16.4. The quantitative estimate of drug-likeness (QED) is 0.721. The molecule has 2 atom stereocenters. The molecule has 4 heteroatoms. The maximum absolute atomic E-state index is 11.7. The number of hydrogen-bond donors (Lipinski definition) is 2. The van der Waals surface area contributed by atoms with Crippen molar-refractivity contribution >= 4 is 11.9 Å². The van der Waals surface area contributed by atoms with E-state index in [4.69, 9.17) is 5.11 Å². The van der Waals surface area contributed by atoms with E-state index in [9.17, 15) is 9.59 Å². The Bertz CT molecular complexity index is 261. The van der Waals surface area contributed by atoms with Crippen molar-refractivity contribution in [1.29, 1.82) is 0 Å². The number of carboxylic acids is 1. The lowest BCUT2D eigenvalue weighted by molar-refractivity contribution is -0.143. The van der Waals surface area contributed by atoms with Gasteiger partial charge in [-0.3, -0.25) is 4.79 Å². The van der Waals surface area contributed by atoms with Gasteiger partial charge in [-0.2, -0.15) is 0 Å². The van der Waals surface area contributed by atoms with Gasteiger partial charge in [0.25, 0.3) is 0 Å². The number of amides is 1. The van der Waals surface area contributed by atoms with Gasteiger partial charge in [-0.05, 0) is 24.2 Å². The van der Waals surface area contributed by atoms with Crippen molar-refractivity contribution in [2.24, 2.45) is 17.8 Å². The first-order valence-corrected chi connectivity index (χ1v) is 6.26. The van der Waals surface area contributed by atoms with Crippen LogP contribution in [0.3, 0.4) is 0 Å². The van der Waals surface area contributed by atoms with Crippen LogP contribution in [0.25, 0.3) is 0 Å². The van der Waals surface area contributed by atoms with Crippen LogP contribution in [0.15, 0.2) is 0 Å². The van der Waals surface area contributed by atoms with E-state index in [2.05, 4.69) is 19.2 Å². The molecule has 0 saturated heterocycles. The van der Waals surface area contributed by atoms with E-state index in [1.165, 1.54) is 0 Å². The SMILES string of the molecule is CC(C)CC(C)CC(=O)NC(C(=O)O)C(C)C. The Morgan fingerprint density at radius 3 is 2.00 bits per heavy atom. The van der Waals surface area contributed by atoms with E-state index in [0.29, 0.717) is 12.3 Å². The molecule has 0 radical (unpaired) electrons. The number of aliphatic carboxylic acids is 1. The van der Waals surface area contributed by atoms with Crippen LogP contribution in [-0.4, -0.2) is 23.0 Å². The standard InChI is InChI=1S/C13H25NO3/c1-8(2)6-10(5)7-11(15)14-12(9(3)4)13(16)17/h8-10,12H,6-7H2,1-5H3,(H,14,15)(H,16,17). The maximum Gasteiger partial charge on any atom is 0.326 e. The molecular weight excluding hydrogens is 218 g/mol. The molecule has 0 aromatic carbocycles. The van der Waals surface area contributed by atoms with E-state index in [0.717, 1.165) is 6.42 Å². The topological polar surface area (TPSA) is 66.4 Å². The summed E-state index contributed by atoms with van der Waals surface area (Å²) in [6.45, 7) is 9.82. The van der Waals surface area contributed by atoms with E-state index in [1.54, 1.807) is 13.8 Å². The molecule has 0 spiro atoms. The fraction of sp³-hybridized carbons (Fsp3) is 0.846. The molecule has 0 bridgehead atoms. The smallest absolute Gasteiger partial charge is 0.326 e. The van der Waals surface area contributed by atoms with Gasteiger partial charge in [-0.15, -0.1) is 0 Å². The third-order valence-corrected chi connectivity index (χ3v) is 2.66. The summed E-state index contributed by atoms with van der Waals surface area (Å²) in [5.74, 6) is -0.393. The number of carbonyl (C=O) groups is 2. The van der Waals surface area contributed by atoms with Crippen molar-refractivity contribution in [1.82, 2.24) is 5.32 Å². The fourth-order valence-corrected chi connectivity index (χ4v) is 1.95. The molecule has 1 amide bonds. The summed E-state index contributed by atoms with van der Waals surface area (Å²) in [4.78, 5) is 22.6. The number of carboxylic acid groups (broad SMARTS) is 1. The predicted molar refractivity (Wildman–Crippen MR) is 67.6 cm³/mol. The van der Waals surface area contributed by atoms with Crippen LogP contribution in [0.2, 0.25) is 0 Å². The van der Waals surface area contributed by atoms with E-state index in [-0.39, 0.29) is 17.7 Å². The zero-order chi connectivity index (χ0) is 13.6. The molecule has 2 unspecified atom stereocenters. The molecule has 0 heterocycles. The van der Waals surface area contributed by atoms with Crippen LogP contribution in [-0.2, 0) is 9.59 Å². The van der Waals surface area contributed by atoms with Gasteiger partial charge in [0.05, 0.1) is 0 Å². The average Bonchev–Trinajstić information content (AvgIpc) is 2.11. The van der Waals surface area contributed by atoms with Crippen LogP contribution in [0.4, 0.5) is 0 Å². The van der Waals surface area contributed by atoms with E-state index >= 15 is 0 Å². The molecule has 0 rings (SSSR count). The molecule has 0 fully saturated rings. The van der Waals surface area contributed by atoms with Crippen LogP contribution in [0.1, 0.15) is 47.5 Å². The van der Waals surface area contributed by atoms with Crippen LogP contribution in [0.5, 0.6) is 0 Å². The number of rotatable bonds is 7.